The Morgan fingerprint density at radius 3 is 2.65 bits per heavy atom. The Balaban J connectivity index is 1.86. The monoisotopic (exact) mass is 235 g/mol. The highest BCUT2D eigenvalue weighted by Gasteiger charge is 2.35. The van der Waals surface area contributed by atoms with Crippen LogP contribution in [0.25, 0.3) is 0 Å². The minimum absolute atomic E-state index is 0.341. The lowest BCUT2D eigenvalue weighted by Crippen LogP contribution is -2.47. The standard InChI is InChI=1S/C14H25N3/c1-11-6-7-17(9-11)12(2)8-14(3,10-15)16-13-4-5-13/h11-13,16H,4-9H2,1-3H3. The average molecular weight is 235 g/mol. The predicted octanol–water partition coefficient (Wildman–Crippen LogP) is 2.14. The Bertz CT molecular complexity index is 305. The molecule has 1 saturated carbocycles. The topological polar surface area (TPSA) is 39.1 Å². The summed E-state index contributed by atoms with van der Waals surface area (Å²) in [6.45, 7) is 9.04. The SMILES string of the molecule is CC1CCN(C(C)CC(C)(C#N)NC2CC2)C1. The molecule has 1 N–H and O–H groups in total. The molecular weight excluding hydrogens is 210 g/mol. The van der Waals surface area contributed by atoms with Crippen LogP contribution < -0.4 is 5.32 Å². The molecule has 1 saturated heterocycles. The van der Waals surface area contributed by atoms with E-state index in [0.717, 1.165) is 12.3 Å². The first kappa shape index (κ1) is 12.9. The second kappa shape index (κ2) is 4.96. The van der Waals surface area contributed by atoms with E-state index in [1.54, 1.807) is 0 Å². The van der Waals surface area contributed by atoms with Crippen molar-refractivity contribution < 1.29 is 0 Å². The quantitative estimate of drug-likeness (QED) is 0.793. The van der Waals surface area contributed by atoms with Crippen molar-refractivity contribution in [3.8, 4) is 6.07 Å². The molecule has 1 heterocycles. The molecule has 2 fully saturated rings. The van der Waals surface area contributed by atoms with Crippen molar-refractivity contribution in [1.82, 2.24) is 10.2 Å². The van der Waals surface area contributed by atoms with E-state index in [1.807, 2.05) is 0 Å². The van der Waals surface area contributed by atoms with Crippen LogP contribution >= 0.6 is 0 Å². The summed E-state index contributed by atoms with van der Waals surface area (Å²) in [6, 6.07) is 3.59. The third-order valence-corrected chi connectivity index (χ3v) is 4.13. The summed E-state index contributed by atoms with van der Waals surface area (Å²) in [4.78, 5) is 2.54. The van der Waals surface area contributed by atoms with Gasteiger partial charge in [0.05, 0.1) is 6.07 Å². The van der Waals surface area contributed by atoms with Gasteiger partial charge in [-0.15, -0.1) is 0 Å². The Labute approximate surface area is 105 Å². The van der Waals surface area contributed by atoms with Gasteiger partial charge in [-0.2, -0.15) is 5.26 Å². The molecule has 3 unspecified atom stereocenters. The van der Waals surface area contributed by atoms with E-state index in [-0.39, 0.29) is 5.54 Å². The van der Waals surface area contributed by atoms with Gasteiger partial charge < -0.3 is 4.90 Å². The van der Waals surface area contributed by atoms with E-state index >= 15 is 0 Å². The first-order valence-electron chi connectivity index (χ1n) is 6.95. The van der Waals surface area contributed by atoms with Crippen molar-refractivity contribution in [2.75, 3.05) is 13.1 Å². The van der Waals surface area contributed by atoms with Gasteiger partial charge in [0.2, 0.25) is 0 Å². The number of hydrogen-bond donors (Lipinski definition) is 1. The minimum atomic E-state index is -0.341. The molecule has 3 atom stereocenters. The highest BCUT2D eigenvalue weighted by molar-refractivity contribution is 5.08. The largest absolute Gasteiger partial charge is 0.300 e. The van der Waals surface area contributed by atoms with Crippen LogP contribution in [-0.2, 0) is 0 Å². The van der Waals surface area contributed by atoms with Gasteiger partial charge in [0.25, 0.3) is 0 Å². The lowest BCUT2D eigenvalue weighted by Gasteiger charge is -2.31. The third kappa shape index (κ3) is 3.43. The van der Waals surface area contributed by atoms with E-state index in [0.29, 0.717) is 12.1 Å². The molecule has 2 aliphatic rings. The molecule has 0 bridgehead atoms. The number of hydrogen-bond acceptors (Lipinski definition) is 3. The number of nitriles is 1. The van der Waals surface area contributed by atoms with E-state index < -0.39 is 0 Å². The maximum atomic E-state index is 9.37. The smallest absolute Gasteiger partial charge is 0.105 e. The number of nitrogens with zero attached hydrogens (tertiary/aromatic N) is 2. The maximum Gasteiger partial charge on any atom is 0.105 e. The molecular formula is C14H25N3. The molecule has 17 heavy (non-hydrogen) atoms. The lowest BCUT2D eigenvalue weighted by atomic mass is 9.94. The van der Waals surface area contributed by atoms with Crippen molar-refractivity contribution in [1.29, 1.82) is 5.26 Å². The zero-order valence-electron chi connectivity index (χ0n) is 11.4. The van der Waals surface area contributed by atoms with Gasteiger partial charge in [-0.25, -0.2) is 0 Å². The van der Waals surface area contributed by atoms with Crippen LogP contribution in [0.4, 0.5) is 0 Å². The average Bonchev–Trinajstić information content (AvgIpc) is 2.97. The molecule has 1 aliphatic heterocycles. The normalized spacial score (nSPS) is 30.8. The summed E-state index contributed by atoms with van der Waals surface area (Å²) < 4.78 is 0. The molecule has 0 radical (unpaired) electrons. The lowest BCUT2D eigenvalue weighted by molar-refractivity contribution is 0.207. The second-order valence-corrected chi connectivity index (χ2v) is 6.30. The van der Waals surface area contributed by atoms with Crippen molar-refractivity contribution in [3.05, 3.63) is 0 Å². The van der Waals surface area contributed by atoms with Crippen molar-refractivity contribution in [2.24, 2.45) is 5.92 Å². The second-order valence-electron chi connectivity index (χ2n) is 6.30. The van der Waals surface area contributed by atoms with Crippen molar-refractivity contribution in [2.45, 2.75) is 64.1 Å². The van der Waals surface area contributed by atoms with Crippen LogP contribution in [0.5, 0.6) is 0 Å². The molecule has 1 aliphatic carbocycles. The zero-order valence-corrected chi connectivity index (χ0v) is 11.4. The van der Waals surface area contributed by atoms with E-state index in [9.17, 15) is 5.26 Å². The van der Waals surface area contributed by atoms with Gasteiger partial charge >= 0.3 is 0 Å². The molecule has 3 nitrogen and oxygen atoms in total. The molecule has 96 valence electrons. The van der Waals surface area contributed by atoms with E-state index in [1.165, 1.54) is 32.4 Å². The van der Waals surface area contributed by atoms with E-state index in [4.69, 9.17) is 0 Å². The molecule has 0 aromatic carbocycles. The number of rotatable bonds is 5. The van der Waals surface area contributed by atoms with Gasteiger partial charge in [0.1, 0.15) is 5.54 Å². The Hall–Kier alpha value is -0.590. The van der Waals surface area contributed by atoms with E-state index in [2.05, 4.69) is 37.1 Å². The summed E-state index contributed by atoms with van der Waals surface area (Å²) in [5, 5.41) is 12.9. The maximum absolute atomic E-state index is 9.37. The first-order chi connectivity index (χ1) is 8.02. The summed E-state index contributed by atoms with van der Waals surface area (Å²) in [7, 11) is 0. The highest BCUT2D eigenvalue weighted by atomic mass is 15.2. The van der Waals surface area contributed by atoms with Crippen LogP contribution in [0.15, 0.2) is 0 Å². The van der Waals surface area contributed by atoms with Gasteiger partial charge in [-0.3, -0.25) is 5.32 Å². The van der Waals surface area contributed by atoms with Gasteiger partial charge in [-0.05, 0) is 52.0 Å². The van der Waals surface area contributed by atoms with Gasteiger partial charge in [0, 0.05) is 18.6 Å². The highest BCUT2D eigenvalue weighted by Crippen LogP contribution is 2.27. The summed E-state index contributed by atoms with van der Waals surface area (Å²) >= 11 is 0. The summed E-state index contributed by atoms with van der Waals surface area (Å²) in [6.07, 6.45) is 4.73. The summed E-state index contributed by atoms with van der Waals surface area (Å²) in [5.74, 6) is 0.821. The van der Waals surface area contributed by atoms with Crippen LogP contribution in [0.1, 0.15) is 46.5 Å². The molecule has 0 amide bonds. The molecule has 0 spiro atoms. The number of nitrogens with one attached hydrogen (secondary N) is 1. The zero-order chi connectivity index (χ0) is 12.5. The van der Waals surface area contributed by atoms with Crippen LogP contribution in [0.3, 0.4) is 0 Å². The molecule has 0 aromatic heterocycles. The van der Waals surface area contributed by atoms with Crippen molar-refractivity contribution >= 4 is 0 Å². The first-order valence-corrected chi connectivity index (χ1v) is 6.95. The fourth-order valence-corrected chi connectivity index (χ4v) is 2.90. The van der Waals surface area contributed by atoms with Crippen molar-refractivity contribution in [3.63, 3.8) is 0 Å². The Morgan fingerprint density at radius 1 is 1.47 bits per heavy atom. The molecule has 2 rings (SSSR count). The van der Waals surface area contributed by atoms with Gasteiger partial charge in [-0.1, -0.05) is 6.92 Å². The number of likely N-dealkylation sites (tertiary alicyclic amines) is 1. The minimum Gasteiger partial charge on any atom is -0.300 e. The molecule has 0 aromatic rings. The van der Waals surface area contributed by atoms with Crippen LogP contribution in [0, 0.1) is 17.2 Å². The Kier molecular flexibility index (Phi) is 3.75. The molecule has 3 heteroatoms. The summed E-state index contributed by atoms with van der Waals surface area (Å²) in [5.41, 5.74) is -0.341. The third-order valence-electron chi connectivity index (χ3n) is 4.13. The predicted molar refractivity (Wildman–Crippen MR) is 69.6 cm³/mol. The Morgan fingerprint density at radius 2 is 2.18 bits per heavy atom. The van der Waals surface area contributed by atoms with Crippen LogP contribution in [0.2, 0.25) is 0 Å². The fourth-order valence-electron chi connectivity index (χ4n) is 2.90. The fraction of sp³-hybridized carbons (Fsp3) is 0.929. The van der Waals surface area contributed by atoms with Gasteiger partial charge in [0.15, 0.2) is 0 Å². The van der Waals surface area contributed by atoms with Crippen LogP contribution in [-0.4, -0.2) is 35.6 Å².